The minimum atomic E-state index is -0.0376. The fourth-order valence-corrected chi connectivity index (χ4v) is 2.13. The van der Waals surface area contributed by atoms with Crippen LogP contribution in [0.25, 0.3) is 0 Å². The van der Waals surface area contributed by atoms with Crippen LogP contribution in [0.2, 0.25) is 0 Å². The molecular formula is C11H20ClNO. The lowest BCUT2D eigenvalue weighted by atomic mass is 9.91. The zero-order valence-electron chi connectivity index (χ0n) is 9.29. The Morgan fingerprint density at radius 3 is 2.79 bits per heavy atom. The smallest absolute Gasteiger partial charge is 0.226 e. The molecule has 0 N–H and O–H groups in total. The van der Waals surface area contributed by atoms with Gasteiger partial charge in [-0.25, -0.2) is 0 Å². The molecule has 1 fully saturated rings. The topological polar surface area (TPSA) is 20.3 Å². The first kappa shape index (κ1) is 11.8. The van der Waals surface area contributed by atoms with Crippen LogP contribution < -0.4 is 0 Å². The molecule has 0 aromatic carbocycles. The summed E-state index contributed by atoms with van der Waals surface area (Å²) in [7, 11) is 0. The van der Waals surface area contributed by atoms with Crippen molar-refractivity contribution in [1.29, 1.82) is 0 Å². The number of halogens is 1. The number of likely N-dealkylation sites (tertiary alicyclic amines) is 1. The average molecular weight is 218 g/mol. The van der Waals surface area contributed by atoms with Gasteiger partial charge < -0.3 is 4.90 Å². The number of amides is 1. The number of rotatable bonds is 2. The second-order valence-corrected chi connectivity index (χ2v) is 4.76. The predicted molar refractivity (Wildman–Crippen MR) is 59.5 cm³/mol. The van der Waals surface area contributed by atoms with Crippen molar-refractivity contribution in [3.8, 4) is 0 Å². The fourth-order valence-electron chi connectivity index (χ4n) is 2.00. The summed E-state index contributed by atoms with van der Waals surface area (Å²) in [6.07, 6.45) is 2.37. The Morgan fingerprint density at radius 1 is 1.57 bits per heavy atom. The summed E-state index contributed by atoms with van der Waals surface area (Å²) in [6.45, 7) is 7.17. The van der Waals surface area contributed by atoms with Gasteiger partial charge in [-0.05, 0) is 25.7 Å². The van der Waals surface area contributed by atoms with Crippen LogP contribution in [-0.4, -0.2) is 29.3 Å². The molecule has 0 spiro atoms. The normalized spacial score (nSPS) is 30.1. The molecule has 3 atom stereocenters. The maximum Gasteiger partial charge on any atom is 0.226 e. The average Bonchev–Trinajstić information content (AvgIpc) is 2.20. The van der Waals surface area contributed by atoms with Crippen LogP contribution in [0.3, 0.4) is 0 Å². The van der Waals surface area contributed by atoms with Crippen molar-refractivity contribution in [3.63, 3.8) is 0 Å². The van der Waals surface area contributed by atoms with Crippen LogP contribution >= 0.6 is 11.6 Å². The molecule has 3 heteroatoms. The van der Waals surface area contributed by atoms with Gasteiger partial charge in [-0.1, -0.05) is 13.8 Å². The summed E-state index contributed by atoms with van der Waals surface area (Å²) < 4.78 is 0. The summed E-state index contributed by atoms with van der Waals surface area (Å²) >= 11 is 5.70. The fraction of sp³-hybridized carbons (Fsp3) is 0.909. The molecule has 0 radical (unpaired) electrons. The highest BCUT2D eigenvalue weighted by atomic mass is 35.5. The SMILES string of the molecule is CC(CCl)C(=O)N1CCCC(C)C1C. The van der Waals surface area contributed by atoms with Crippen molar-refractivity contribution in [3.05, 3.63) is 0 Å². The van der Waals surface area contributed by atoms with Crippen molar-refractivity contribution in [2.75, 3.05) is 12.4 Å². The van der Waals surface area contributed by atoms with Crippen LogP contribution in [0.1, 0.15) is 33.6 Å². The van der Waals surface area contributed by atoms with E-state index < -0.39 is 0 Å². The number of carbonyl (C=O) groups excluding carboxylic acids is 1. The number of carbonyl (C=O) groups is 1. The van der Waals surface area contributed by atoms with E-state index in [0.29, 0.717) is 17.8 Å². The molecule has 0 aromatic rings. The van der Waals surface area contributed by atoms with Crippen molar-refractivity contribution >= 4 is 17.5 Å². The minimum Gasteiger partial charge on any atom is -0.339 e. The lowest BCUT2D eigenvalue weighted by Crippen LogP contribution is -2.48. The second kappa shape index (κ2) is 5.01. The van der Waals surface area contributed by atoms with Crippen molar-refractivity contribution in [1.82, 2.24) is 4.90 Å². The number of piperidine rings is 1. The molecule has 2 nitrogen and oxygen atoms in total. The van der Waals surface area contributed by atoms with Gasteiger partial charge in [-0.2, -0.15) is 0 Å². The van der Waals surface area contributed by atoms with Gasteiger partial charge in [0.2, 0.25) is 5.91 Å². The molecule has 0 aliphatic carbocycles. The van der Waals surface area contributed by atoms with Gasteiger partial charge in [0.15, 0.2) is 0 Å². The standard InChI is InChI=1S/C11H20ClNO/c1-8-5-4-6-13(10(8)3)11(14)9(2)7-12/h8-10H,4-7H2,1-3H3. The Hall–Kier alpha value is -0.240. The Morgan fingerprint density at radius 2 is 2.21 bits per heavy atom. The highest BCUT2D eigenvalue weighted by molar-refractivity contribution is 6.19. The Labute approximate surface area is 91.6 Å². The lowest BCUT2D eigenvalue weighted by Gasteiger charge is -2.39. The molecule has 82 valence electrons. The molecule has 1 rings (SSSR count). The number of alkyl halides is 1. The first-order valence-corrected chi connectivity index (χ1v) is 5.97. The molecule has 1 heterocycles. The van der Waals surface area contributed by atoms with Crippen LogP contribution in [0.4, 0.5) is 0 Å². The Bertz CT molecular complexity index is 207. The lowest BCUT2D eigenvalue weighted by molar-refractivity contribution is -0.138. The van der Waals surface area contributed by atoms with Gasteiger partial charge in [0.1, 0.15) is 0 Å². The summed E-state index contributed by atoms with van der Waals surface area (Å²) in [5.74, 6) is 1.23. The third-order valence-electron chi connectivity index (χ3n) is 3.31. The van der Waals surface area contributed by atoms with Gasteiger partial charge in [-0.15, -0.1) is 11.6 Å². The molecule has 3 unspecified atom stereocenters. The molecule has 0 aromatic heterocycles. The zero-order valence-corrected chi connectivity index (χ0v) is 10.0. The highest BCUT2D eigenvalue weighted by Gasteiger charge is 2.30. The maximum atomic E-state index is 11.9. The first-order chi connectivity index (χ1) is 6.57. The van der Waals surface area contributed by atoms with Gasteiger partial charge >= 0.3 is 0 Å². The maximum absolute atomic E-state index is 11.9. The first-order valence-electron chi connectivity index (χ1n) is 5.44. The highest BCUT2D eigenvalue weighted by Crippen LogP contribution is 2.24. The van der Waals surface area contributed by atoms with E-state index in [9.17, 15) is 4.79 Å². The largest absolute Gasteiger partial charge is 0.339 e. The van der Waals surface area contributed by atoms with Gasteiger partial charge in [0.25, 0.3) is 0 Å². The molecular weight excluding hydrogens is 198 g/mol. The zero-order chi connectivity index (χ0) is 10.7. The molecule has 14 heavy (non-hydrogen) atoms. The third kappa shape index (κ3) is 2.41. The van der Waals surface area contributed by atoms with Crippen molar-refractivity contribution in [2.45, 2.75) is 39.7 Å². The summed E-state index contributed by atoms with van der Waals surface area (Å²) in [5, 5.41) is 0. The Kier molecular flexibility index (Phi) is 4.24. The van der Waals surface area contributed by atoms with Crippen LogP contribution in [0.15, 0.2) is 0 Å². The monoisotopic (exact) mass is 217 g/mol. The third-order valence-corrected chi connectivity index (χ3v) is 3.77. The Balaban J connectivity index is 2.62. The quantitative estimate of drug-likeness (QED) is 0.651. The molecule has 1 aliphatic rings. The minimum absolute atomic E-state index is 0.0376. The van der Waals surface area contributed by atoms with E-state index >= 15 is 0 Å². The van der Waals surface area contributed by atoms with E-state index in [1.165, 1.54) is 6.42 Å². The van der Waals surface area contributed by atoms with Crippen LogP contribution in [0, 0.1) is 11.8 Å². The second-order valence-electron chi connectivity index (χ2n) is 4.45. The summed E-state index contributed by atoms with van der Waals surface area (Å²) in [5.41, 5.74) is 0. The molecule has 1 amide bonds. The van der Waals surface area contributed by atoms with E-state index in [1.807, 2.05) is 11.8 Å². The number of hydrogen-bond donors (Lipinski definition) is 0. The van der Waals surface area contributed by atoms with Crippen LogP contribution in [0.5, 0.6) is 0 Å². The molecule has 1 saturated heterocycles. The molecule has 1 aliphatic heterocycles. The van der Waals surface area contributed by atoms with Gasteiger partial charge in [-0.3, -0.25) is 4.79 Å². The van der Waals surface area contributed by atoms with Gasteiger partial charge in [0.05, 0.1) is 0 Å². The number of nitrogens with zero attached hydrogens (tertiary/aromatic N) is 1. The van der Waals surface area contributed by atoms with E-state index in [4.69, 9.17) is 11.6 Å². The van der Waals surface area contributed by atoms with E-state index in [2.05, 4.69) is 13.8 Å². The molecule has 0 bridgehead atoms. The summed E-state index contributed by atoms with van der Waals surface area (Å²) in [4.78, 5) is 13.9. The predicted octanol–water partition coefficient (Wildman–Crippen LogP) is 2.51. The van der Waals surface area contributed by atoms with E-state index in [1.54, 1.807) is 0 Å². The van der Waals surface area contributed by atoms with Crippen molar-refractivity contribution < 1.29 is 4.79 Å². The van der Waals surface area contributed by atoms with Gasteiger partial charge in [0, 0.05) is 24.4 Å². The van der Waals surface area contributed by atoms with E-state index in [0.717, 1.165) is 13.0 Å². The van der Waals surface area contributed by atoms with Crippen LogP contribution in [-0.2, 0) is 4.79 Å². The molecule has 0 saturated carbocycles. The summed E-state index contributed by atoms with van der Waals surface area (Å²) in [6, 6.07) is 0.377. The number of hydrogen-bond acceptors (Lipinski definition) is 1. The van der Waals surface area contributed by atoms with E-state index in [-0.39, 0.29) is 11.8 Å². The van der Waals surface area contributed by atoms with Crippen molar-refractivity contribution in [2.24, 2.45) is 11.8 Å².